The van der Waals surface area contributed by atoms with Gasteiger partial charge in [0.2, 0.25) is 0 Å². The van der Waals surface area contributed by atoms with Crippen LogP contribution in [0.25, 0.3) is 0 Å². The molecule has 0 fully saturated rings. The summed E-state index contributed by atoms with van der Waals surface area (Å²) in [6, 6.07) is 7.49. The molecule has 0 aliphatic heterocycles. The lowest BCUT2D eigenvalue weighted by Crippen LogP contribution is -2.29. The normalized spacial score (nSPS) is 12.0. The van der Waals surface area contributed by atoms with Gasteiger partial charge in [-0.1, -0.05) is 20.8 Å². The Morgan fingerprint density at radius 3 is 2.38 bits per heavy atom. The standard InChI is InChI=1S/C16H25N3O2/c1-6-21-14-9-7-13(8-10-14)17-11-15(20)19-18-12(2)16(3,4)5/h7-10,17H,6,11H2,1-5H3,(H,19,20). The average molecular weight is 291 g/mol. The molecule has 0 spiro atoms. The van der Waals surface area contributed by atoms with E-state index in [0.29, 0.717) is 6.61 Å². The van der Waals surface area contributed by atoms with Crippen LogP contribution in [0.5, 0.6) is 5.75 Å². The Bertz CT molecular complexity index is 487. The molecular formula is C16H25N3O2. The van der Waals surface area contributed by atoms with Crippen molar-refractivity contribution in [2.24, 2.45) is 10.5 Å². The minimum Gasteiger partial charge on any atom is -0.494 e. The van der Waals surface area contributed by atoms with Crippen molar-refractivity contribution in [3.05, 3.63) is 24.3 Å². The van der Waals surface area contributed by atoms with Crippen molar-refractivity contribution < 1.29 is 9.53 Å². The molecule has 0 atom stereocenters. The fourth-order valence-electron chi connectivity index (χ4n) is 1.37. The molecule has 0 heterocycles. The summed E-state index contributed by atoms with van der Waals surface area (Å²) < 4.78 is 5.36. The molecule has 1 aromatic carbocycles. The van der Waals surface area contributed by atoms with Crippen molar-refractivity contribution >= 4 is 17.3 Å². The molecule has 0 aliphatic rings. The van der Waals surface area contributed by atoms with E-state index in [1.165, 1.54) is 0 Å². The predicted molar refractivity (Wildman–Crippen MR) is 86.8 cm³/mol. The zero-order chi connectivity index (χ0) is 15.9. The molecule has 1 amide bonds. The van der Waals surface area contributed by atoms with Gasteiger partial charge in [-0.15, -0.1) is 0 Å². The van der Waals surface area contributed by atoms with Crippen molar-refractivity contribution in [1.82, 2.24) is 5.43 Å². The Kier molecular flexibility index (Phi) is 6.21. The Balaban J connectivity index is 2.43. The number of benzene rings is 1. The maximum atomic E-state index is 11.7. The summed E-state index contributed by atoms with van der Waals surface area (Å²) >= 11 is 0. The molecule has 1 rings (SSSR count). The van der Waals surface area contributed by atoms with Gasteiger partial charge in [0.05, 0.1) is 13.2 Å². The van der Waals surface area contributed by atoms with Crippen LogP contribution in [0.15, 0.2) is 29.4 Å². The number of hydrogen-bond acceptors (Lipinski definition) is 4. The summed E-state index contributed by atoms with van der Waals surface area (Å²) in [6.45, 7) is 10.8. The van der Waals surface area contributed by atoms with Gasteiger partial charge in [0, 0.05) is 16.8 Å². The summed E-state index contributed by atoms with van der Waals surface area (Å²) in [5.74, 6) is 0.644. The van der Waals surface area contributed by atoms with Crippen LogP contribution in [-0.4, -0.2) is 24.8 Å². The molecule has 0 aromatic heterocycles. The molecule has 5 nitrogen and oxygen atoms in total. The van der Waals surface area contributed by atoms with E-state index in [-0.39, 0.29) is 17.9 Å². The summed E-state index contributed by atoms with van der Waals surface area (Å²) in [7, 11) is 0. The smallest absolute Gasteiger partial charge is 0.259 e. The number of anilines is 1. The Morgan fingerprint density at radius 2 is 1.86 bits per heavy atom. The molecule has 21 heavy (non-hydrogen) atoms. The second-order valence-electron chi connectivity index (χ2n) is 5.79. The van der Waals surface area contributed by atoms with Gasteiger partial charge in [-0.2, -0.15) is 5.10 Å². The Hall–Kier alpha value is -2.04. The van der Waals surface area contributed by atoms with E-state index in [9.17, 15) is 4.79 Å². The Morgan fingerprint density at radius 1 is 1.24 bits per heavy atom. The molecule has 5 heteroatoms. The first-order valence-corrected chi connectivity index (χ1v) is 7.13. The fourth-order valence-corrected chi connectivity index (χ4v) is 1.37. The van der Waals surface area contributed by atoms with Crippen molar-refractivity contribution in [2.45, 2.75) is 34.6 Å². The van der Waals surface area contributed by atoms with E-state index < -0.39 is 0 Å². The molecular weight excluding hydrogens is 266 g/mol. The van der Waals surface area contributed by atoms with Gasteiger partial charge in [0.1, 0.15) is 5.75 Å². The Labute approximate surface area is 126 Å². The number of amides is 1. The van der Waals surface area contributed by atoms with Crippen LogP contribution in [0, 0.1) is 5.41 Å². The third-order valence-electron chi connectivity index (χ3n) is 3.05. The number of hydrazone groups is 1. The third kappa shape index (κ3) is 6.29. The summed E-state index contributed by atoms with van der Waals surface area (Å²) in [5, 5.41) is 7.14. The minimum atomic E-state index is -0.174. The van der Waals surface area contributed by atoms with Crippen LogP contribution in [0.3, 0.4) is 0 Å². The quantitative estimate of drug-likeness (QED) is 0.625. The van der Waals surface area contributed by atoms with Crippen molar-refractivity contribution in [3.63, 3.8) is 0 Å². The van der Waals surface area contributed by atoms with Crippen LogP contribution in [0.1, 0.15) is 34.6 Å². The number of rotatable bonds is 6. The first-order valence-electron chi connectivity index (χ1n) is 7.13. The van der Waals surface area contributed by atoms with Crippen LogP contribution in [0.4, 0.5) is 5.69 Å². The van der Waals surface area contributed by atoms with Crippen LogP contribution in [0.2, 0.25) is 0 Å². The minimum absolute atomic E-state index is 0.0458. The molecule has 0 aliphatic carbocycles. The summed E-state index contributed by atoms with van der Waals surface area (Å²) in [4.78, 5) is 11.7. The third-order valence-corrected chi connectivity index (χ3v) is 3.05. The largest absolute Gasteiger partial charge is 0.494 e. The van der Waals surface area contributed by atoms with Gasteiger partial charge in [0.25, 0.3) is 5.91 Å². The highest BCUT2D eigenvalue weighted by atomic mass is 16.5. The van der Waals surface area contributed by atoms with E-state index in [1.54, 1.807) is 0 Å². The van der Waals surface area contributed by atoms with E-state index in [1.807, 2.05) is 38.1 Å². The highest BCUT2D eigenvalue weighted by Crippen LogP contribution is 2.16. The molecule has 116 valence electrons. The highest BCUT2D eigenvalue weighted by Gasteiger charge is 2.14. The number of nitrogens with one attached hydrogen (secondary N) is 2. The molecule has 2 N–H and O–H groups in total. The number of hydrogen-bond donors (Lipinski definition) is 2. The fraction of sp³-hybridized carbons (Fsp3) is 0.500. The second kappa shape index (κ2) is 7.67. The lowest BCUT2D eigenvalue weighted by molar-refractivity contribution is -0.119. The first-order chi connectivity index (χ1) is 9.82. The summed E-state index contributed by atoms with van der Waals surface area (Å²) in [6.07, 6.45) is 0. The van der Waals surface area contributed by atoms with E-state index in [0.717, 1.165) is 17.1 Å². The molecule has 1 aromatic rings. The van der Waals surface area contributed by atoms with Crippen molar-refractivity contribution in [1.29, 1.82) is 0 Å². The second-order valence-corrected chi connectivity index (χ2v) is 5.79. The lowest BCUT2D eigenvalue weighted by Gasteiger charge is -2.17. The van der Waals surface area contributed by atoms with E-state index >= 15 is 0 Å². The van der Waals surface area contributed by atoms with Crippen molar-refractivity contribution in [2.75, 3.05) is 18.5 Å². The zero-order valence-corrected chi connectivity index (χ0v) is 13.5. The SMILES string of the molecule is CCOc1ccc(NCC(=O)NN=C(C)C(C)(C)C)cc1. The van der Waals surface area contributed by atoms with Crippen molar-refractivity contribution in [3.8, 4) is 5.75 Å². The number of ether oxygens (including phenoxy) is 1. The van der Waals surface area contributed by atoms with Gasteiger partial charge in [-0.25, -0.2) is 5.43 Å². The predicted octanol–water partition coefficient (Wildman–Crippen LogP) is 3.04. The van der Waals surface area contributed by atoms with Gasteiger partial charge in [-0.05, 0) is 38.1 Å². The van der Waals surface area contributed by atoms with Gasteiger partial charge in [0.15, 0.2) is 0 Å². The molecule has 0 saturated heterocycles. The molecule has 0 radical (unpaired) electrons. The van der Waals surface area contributed by atoms with Crippen LogP contribution >= 0.6 is 0 Å². The van der Waals surface area contributed by atoms with Crippen LogP contribution in [-0.2, 0) is 4.79 Å². The zero-order valence-electron chi connectivity index (χ0n) is 13.5. The van der Waals surface area contributed by atoms with Crippen LogP contribution < -0.4 is 15.5 Å². The molecule has 0 saturated carbocycles. The van der Waals surface area contributed by atoms with Gasteiger partial charge < -0.3 is 10.1 Å². The highest BCUT2D eigenvalue weighted by molar-refractivity contribution is 5.89. The monoisotopic (exact) mass is 291 g/mol. The lowest BCUT2D eigenvalue weighted by atomic mass is 9.91. The average Bonchev–Trinajstić information content (AvgIpc) is 2.43. The maximum absolute atomic E-state index is 11.7. The van der Waals surface area contributed by atoms with E-state index in [2.05, 4.69) is 36.6 Å². The number of carbonyl (C=O) groups is 1. The van der Waals surface area contributed by atoms with E-state index in [4.69, 9.17) is 4.74 Å². The summed E-state index contributed by atoms with van der Waals surface area (Å²) in [5.41, 5.74) is 4.26. The van der Waals surface area contributed by atoms with Gasteiger partial charge in [-0.3, -0.25) is 4.79 Å². The molecule has 0 bridgehead atoms. The molecule has 0 unspecified atom stereocenters. The number of carbonyl (C=O) groups excluding carboxylic acids is 1. The topological polar surface area (TPSA) is 62.7 Å². The maximum Gasteiger partial charge on any atom is 0.259 e. The number of nitrogens with zero attached hydrogens (tertiary/aromatic N) is 1. The first kappa shape index (κ1) is 17.0. The van der Waals surface area contributed by atoms with Gasteiger partial charge >= 0.3 is 0 Å².